The molecule has 4 heteroatoms. The van der Waals surface area contributed by atoms with E-state index in [1.165, 1.54) is 11.1 Å². The first-order chi connectivity index (χ1) is 9.85. The van der Waals surface area contributed by atoms with Crippen LogP contribution in [-0.4, -0.2) is 23.0 Å². The summed E-state index contributed by atoms with van der Waals surface area (Å²) in [5.74, 6) is -1.25. The molecule has 0 radical (unpaired) electrons. The van der Waals surface area contributed by atoms with Crippen LogP contribution in [0.15, 0.2) is 18.2 Å². The molecular formula is C17H25NO3. The standard InChI is InChI=1S/C17H25NO3/c1-5-12(3)16(17(20)21)18-15(19)9-8-14-7-6-11(2)10-13(14)4/h6-7,10,12,16H,5,8-9H2,1-4H3,(H,18,19)(H,20,21). The molecule has 4 nitrogen and oxygen atoms in total. The van der Waals surface area contributed by atoms with Crippen molar-refractivity contribution in [1.82, 2.24) is 5.32 Å². The van der Waals surface area contributed by atoms with Crippen molar-refractivity contribution in [2.75, 3.05) is 0 Å². The lowest BCUT2D eigenvalue weighted by atomic mass is 9.98. The van der Waals surface area contributed by atoms with Gasteiger partial charge in [0.15, 0.2) is 0 Å². The van der Waals surface area contributed by atoms with Crippen molar-refractivity contribution in [3.8, 4) is 0 Å². The molecule has 2 atom stereocenters. The lowest BCUT2D eigenvalue weighted by Gasteiger charge is -2.20. The Morgan fingerprint density at radius 3 is 2.48 bits per heavy atom. The average Bonchev–Trinajstić information content (AvgIpc) is 2.42. The Balaban J connectivity index is 2.58. The number of hydrogen-bond donors (Lipinski definition) is 2. The van der Waals surface area contributed by atoms with Gasteiger partial charge in [-0.25, -0.2) is 4.79 Å². The first-order valence-electron chi connectivity index (χ1n) is 7.43. The molecule has 0 aliphatic heterocycles. The number of nitrogens with one attached hydrogen (secondary N) is 1. The van der Waals surface area contributed by atoms with Crippen LogP contribution in [-0.2, 0) is 16.0 Å². The molecule has 1 amide bonds. The number of carbonyl (C=O) groups excluding carboxylic acids is 1. The minimum absolute atomic E-state index is 0.0763. The van der Waals surface area contributed by atoms with Gasteiger partial charge in [-0.15, -0.1) is 0 Å². The van der Waals surface area contributed by atoms with E-state index in [9.17, 15) is 9.59 Å². The predicted molar refractivity (Wildman–Crippen MR) is 83.3 cm³/mol. The van der Waals surface area contributed by atoms with Crippen LogP contribution in [0, 0.1) is 19.8 Å². The molecule has 0 spiro atoms. The fourth-order valence-electron chi connectivity index (χ4n) is 2.30. The van der Waals surface area contributed by atoms with E-state index in [0.29, 0.717) is 19.3 Å². The van der Waals surface area contributed by atoms with Gasteiger partial charge in [0, 0.05) is 6.42 Å². The molecule has 0 saturated carbocycles. The Bertz CT molecular complexity index is 511. The van der Waals surface area contributed by atoms with Crippen LogP contribution < -0.4 is 5.32 Å². The molecule has 1 rings (SSSR count). The molecule has 1 aromatic rings. The number of carboxylic acids is 1. The van der Waals surface area contributed by atoms with Crippen LogP contribution in [0.3, 0.4) is 0 Å². The summed E-state index contributed by atoms with van der Waals surface area (Å²) >= 11 is 0. The van der Waals surface area contributed by atoms with Crippen molar-refractivity contribution in [2.45, 2.75) is 53.0 Å². The highest BCUT2D eigenvalue weighted by atomic mass is 16.4. The Labute approximate surface area is 126 Å². The third kappa shape index (κ3) is 5.21. The van der Waals surface area contributed by atoms with Gasteiger partial charge in [0.25, 0.3) is 0 Å². The molecular weight excluding hydrogens is 266 g/mol. The van der Waals surface area contributed by atoms with Crippen molar-refractivity contribution < 1.29 is 14.7 Å². The zero-order valence-electron chi connectivity index (χ0n) is 13.3. The minimum atomic E-state index is -0.968. The normalized spacial score (nSPS) is 13.5. The predicted octanol–water partition coefficient (Wildman–Crippen LogP) is 2.85. The van der Waals surface area contributed by atoms with Crippen molar-refractivity contribution >= 4 is 11.9 Å². The van der Waals surface area contributed by atoms with Gasteiger partial charge in [-0.3, -0.25) is 4.79 Å². The maximum Gasteiger partial charge on any atom is 0.326 e. The molecule has 0 heterocycles. The molecule has 2 N–H and O–H groups in total. The summed E-state index contributed by atoms with van der Waals surface area (Å²) in [5, 5.41) is 11.8. The molecule has 21 heavy (non-hydrogen) atoms. The topological polar surface area (TPSA) is 66.4 Å². The number of carbonyl (C=O) groups is 2. The summed E-state index contributed by atoms with van der Waals surface area (Å²) in [6.45, 7) is 7.82. The number of aryl methyl sites for hydroxylation is 3. The van der Waals surface area contributed by atoms with Gasteiger partial charge in [-0.05, 0) is 37.3 Å². The highest BCUT2D eigenvalue weighted by Crippen LogP contribution is 2.13. The minimum Gasteiger partial charge on any atom is -0.480 e. The SMILES string of the molecule is CCC(C)C(NC(=O)CCc1ccc(C)cc1C)C(=O)O. The van der Waals surface area contributed by atoms with Crippen LogP contribution in [0.1, 0.15) is 43.4 Å². The van der Waals surface area contributed by atoms with Gasteiger partial charge in [0.1, 0.15) is 6.04 Å². The zero-order chi connectivity index (χ0) is 16.0. The van der Waals surface area contributed by atoms with Crippen LogP contribution in [0.25, 0.3) is 0 Å². The van der Waals surface area contributed by atoms with Crippen LogP contribution in [0.4, 0.5) is 0 Å². The van der Waals surface area contributed by atoms with Gasteiger partial charge < -0.3 is 10.4 Å². The second kappa shape index (κ2) is 7.81. The first-order valence-corrected chi connectivity index (χ1v) is 7.43. The molecule has 1 aromatic carbocycles. The maximum absolute atomic E-state index is 12.0. The van der Waals surface area contributed by atoms with Gasteiger partial charge in [0.2, 0.25) is 5.91 Å². The Kier molecular flexibility index (Phi) is 6.40. The van der Waals surface area contributed by atoms with Crippen LogP contribution in [0.5, 0.6) is 0 Å². The number of aliphatic carboxylic acids is 1. The summed E-state index contributed by atoms with van der Waals surface area (Å²) in [4.78, 5) is 23.1. The monoisotopic (exact) mass is 291 g/mol. The van der Waals surface area contributed by atoms with E-state index in [-0.39, 0.29) is 11.8 Å². The lowest BCUT2D eigenvalue weighted by molar-refractivity contribution is -0.143. The smallest absolute Gasteiger partial charge is 0.326 e. The highest BCUT2D eigenvalue weighted by molar-refractivity contribution is 5.83. The van der Waals surface area contributed by atoms with Crippen molar-refractivity contribution in [1.29, 1.82) is 0 Å². The van der Waals surface area contributed by atoms with E-state index < -0.39 is 12.0 Å². The highest BCUT2D eigenvalue weighted by Gasteiger charge is 2.24. The Morgan fingerprint density at radius 2 is 1.95 bits per heavy atom. The quantitative estimate of drug-likeness (QED) is 0.811. The van der Waals surface area contributed by atoms with Crippen molar-refractivity contribution in [3.63, 3.8) is 0 Å². The fourth-order valence-corrected chi connectivity index (χ4v) is 2.30. The molecule has 0 saturated heterocycles. The Morgan fingerprint density at radius 1 is 1.29 bits per heavy atom. The third-order valence-corrected chi connectivity index (χ3v) is 3.92. The molecule has 0 bridgehead atoms. The van der Waals surface area contributed by atoms with Gasteiger partial charge >= 0.3 is 5.97 Å². The number of carboxylic acid groups (broad SMARTS) is 1. The second-order valence-electron chi connectivity index (χ2n) is 5.70. The lowest BCUT2D eigenvalue weighted by Crippen LogP contribution is -2.45. The van der Waals surface area contributed by atoms with E-state index in [1.807, 2.05) is 39.8 Å². The van der Waals surface area contributed by atoms with Gasteiger partial charge in [-0.2, -0.15) is 0 Å². The van der Waals surface area contributed by atoms with E-state index in [2.05, 4.69) is 11.4 Å². The molecule has 2 unspecified atom stereocenters. The molecule has 116 valence electrons. The second-order valence-corrected chi connectivity index (χ2v) is 5.70. The summed E-state index contributed by atoms with van der Waals surface area (Å²) in [7, 11) is 0. The van der Waals surface area contributed by atoms with E-state index in [1.54, 1.807) is 0 Å². The van der Waals surface area contributed by atoms with Crippen molar-refractivity contribution in [2.24, 2.45) is 5.92 Å². The van der Waals surface area contributed by atoms with Crippen LogP contribution >= 0.6 is 0 Å². The van der Waals surface area contributed by atoms with Gasteiger partial charge in [-0.1, -0.05) is 44.0 Å². The molecule has 0 aliphatic carbocycles. The third-order valence-electron chi connectivity index (χ3n) is 3.92. The molecule has 0 aromatic heterocycles. The summed E-state index contributed by atoms with van der Waals surface area (Å²) in [6.07, 6.45) is 1.66. The molecule has 0 aliphatic rings. The summed E-state index contributed by atoms with van der Waals surface area (Å²) < 4.78 is 0. The largest absolute Gasteiger partial charge is 0.480 e. The van der Waals surface area contributed by atoms with E-state index >= 15 is 0 Å². The Hall–Kier alpha value is -1.84. The summed E-state index contributed by atoms with van der Waals surface area (Å²) in [5.41, 5.74) is 3.49. The number of rotatable bonds is 7. The molecule has 0 fully saturated rings. The first kappa shape index (κ1) is 17.2. The van der Waals surface area contributed by atoms with Crippen molar-refractivity contribution in [3.05, 3.63) is 34.9 Å². The average molecular weight is 291 g/mol. The zero-order valence-corrected chi connectivity index (χ0v) is 13.3. The maximum atomic E-state index is 12.0. The number of benzene rings is 1. The van der Waals surface area contributed by atoms with E-state index in [0.717, 1.165) is 5.56 Å². The number of hydrogen-bond acceptors (Lipinski definition) is 2. The summed E-state index contributed by atoms with van der Waals surface area (Å²) in [6, 6.07) is 5.34. The van der Waals surface area contributed by atoms with Crippen LogP contribution in [0.2, 0.25) is 0 Å². The fraction of sp³-hybridized carbons (Fsp3) is 0.529. The number of amides is 1. The van der Waals surface area contributed by atoms with Gasteiger partial charge in [0.05, 0.1) is 0 Å². The van der Waals surface area contributed by atoms with E-state index in [4.69, 9.17) is 5.11 Å².